The van der Waals surface area contributed by atoms with Gasteiger partial charge in [0.25, 0.3) is 5.91 Å². The Morgan fingerprint density at radius 3 is 2.67 bits per heavy atom. The molecule has 1 aromatic heterocycles. The normalized spacial score (nSPS) is 11.1. The van der Waals surface area contributed by atoms with Gasteiger partial charge in [-0.15, -0.1) is 0 Å². The fraction of sp³-hybridized carbons (Fsp3) is 0.143. The van der Waals surface area contributed by atoms with E-state index in [2.05, 4.69) is 10.5 Å². The summed E-state index contributed by atoms with van der Waals surface area (Å²) in [6.45, 7) is 1.62. The van der Waals surface area contributed by atoms with E-state index in [4.69, 9.17) is 9.15 Å². The van der Waals surface area contributed by atoms with Crippen LogP contribution in [0, 0.1) is 6.92 Å². The molecular weight excluding hydrogens is 347 g/mol. The van der Waals surface area contributed by atoms with Gasteiger partial charge < -0.3 is 13.7 Å². The minimum Gasteiger partial charge on any atom is -0.742 e. The molecule has 8 nitrogen and oxygen atoms in total. The van der Waals surface area contributed by atoms with E-state index < -0.39 is 21.1 Å². The monoisotopic (exact) mass is 360 g/mol. The van der Waals surface area contributed by atoms with Crippen molar-refractivity contribution in [1.82, 2.24) is 5.43 Å². The summed E-state index contributed by atoms with van der Waals surface area (Å²) in [6, 6.07) is 9.48. The molecule has 24 heavy (non-hydrogen) atoms. The van der Waals surface area contributed by atoms with E-state index >= 15 is 0 Å². The largest absolute Gasteiger partial charge is 1.00 e. The second kappa shape index (κ2) is 9.00. The van der Waals surface area contributed by atoms with E-state index in [1.54, 1.807) is 12.1 Å². The predicted octanol–water partition coefficient (Wildman–Crippen LogP) is -1.97. The zero-order valence-corrected chi connectivity index (χ0v) is 15.9. The molecule has 10 heteroatoms. The number of ether oxygens (including phenoxy) is 1. The third-order valence-corrected chi connectivity index (χ3v) is 3.39. The zero-order chi connectivity index (χ0) is 16.9. The Morgan fingerprint density at radius 1 is 1.33 bits per heavy atom. The van der Waals surface area contributed by atoms with Crippen LogP contribution in [0.1, 0.15) is 11.3 Å². The second-order valence-corrected chi connectivity index (χ2v) is 5.77. The van der Waals surface area contributed by atoms with E-state index in [1.165, 1.54) is 6.07 Å². The summed E-state index contributed by atoms with van der Waals surface area (Å²) < 4.78 is 42.1. The maximum Gasteiger partial charge on any atom is 1.00 e. The SMILES string of the molecule is Cc1ccccc1OCC(=O)NN=Cc1ccc(S(=O)(=O)[O-])o1.[Na+]. The van der Waals surface area contributed by atoms with Crippen molar-refractivity contribution < 1.29 is 56.5 Å². The number of aryl methyl sites for hydroxylation is 1. The standard InChI is InChI=1S/C14H14N2O6S.Na/c1-10-4-2-3-5-12(10)21-9-13(17)16-15-8-11-6-7-14(22-11)23(18,19)20;/h2-8H,9H2,1H3,(H,16,17)(H,18,19,20);/q;+1/p-1. The number of benzene rings is 1. The zero-order valence-electron chi connectivity index (χ0n) is 13.1. The van der Waals surface area contributed by atoms with Crippen molar-refractivity contribution >= 4 is 22.2 Å². The Kier molecular flexibility index (Phi) is 7.64. The molecule has 2 rings (SSSR count). The third-order valence-electron chi connectivity index (χ3n) is 2.68. The third kappa shape index (κ3) is 6.10. The first-order valence-corrected chi connectivity index (χ1v) is 7.83. The molecular formula is C14H13N2NaO6S. The first-order chi connectivity index (χ1) is 10.9. The quantitative estimate of drug-likeness (QED) is 0.276. The van der Waals surface area contributed by atoms with Crippen molar-refractivity contribution in [2.24, 2.45) is 5.10 Å². The molecule has 122 valence electrons. The number of carbonyl (C=O) groups excluding carboxylic acids is 1. The van der Waals surface area contributed by atoms with Crippen molar-refractivity contribution in [2.75, 3.05) is 6.61 Å². The molecule has 0 fully saturated rings. The molecule has 0 atom stereocenters. The molecule has 0 aliphatic rings. The van der Waals surface area contributed by atoms with Crippen LogP contribution >= 0.6 is 0 Å². The van der Waals surface area contributed by atoms with Crippen LogP contribution in [0.5, 0.6) is 5.75 Å². The smallest absolute Gasteiger partial charge is 0.742 e. The Labute approximate surface area is 160 Å². The van der Waals surface area contributed by atoms with Crippen LogP contribution in [-0.2, 0) is 14.9 Å². The fourth-order valence-corrected chi connectivity index (χ4v) is 2.03. The summed E-state index contributed by atoms with van der Waals surface area (Å²) in [6.07, 6.45) is 1.07. The van der Waals surface area contributed by atoms with Crippen LogP contribution in [-0.4, -0.2) is 31.7 Å². The van der Waals surface area contributed by atoms with Gasteiger partial charge in [0.1, 0.15) is 11.5 Å². The van der Waals surface area contributed by atoms with Crippen molar-refractivity contribution in [3.63, 3.8) is 0 Å². The van der Waals surface area contributed by atoms with Crippen molar-refractivity contribution in [2.45, 2.75) is 12.0 Å². The Bertz CT molecular complexity index is 831. The molecule has 0 aliphatic carbocycles. The molecule has 1 heterocycles. The summed E-state index contributed by atoms with van der Waals surface area (Å²) >= 11 is 0. The molecule has 0 radical (unpaired) electrons. The van der Waals surface area contributed by atoms with Gasteiger partial charge in [-0.1, -0.05) is 18.2 Å². The fourth-order valence-electron chi connectivity index (χ4n) is 1.60. The Balaban J connectivity index is 0.00000288. The molecule has 0 aliphatic heterocycles. The van der Waals surface area contributed by atoms with Gasteiger partial charge >= 0.3 is 29.6 Å². The number of hydrogen-bond acceptors (Lipinski definition) is 7. The summed E-state index contributed by atoms with van der Waals surface area (Å²) in [5.41, 5.74) is 3.08. The van der Waals surface area contributed by atoms with E-state index in [9.17, 15) is 17.8 Å². The molecule has 0 unspecified atom stereocenters. The molecule has 1 amide bonds. The van der Waals surface area contributed by atoms with Gasteiger partial charge in [-0.25, -0.2) is 13.8 Å². The first-order valence-electron chi connectivity index (χ1n) is 6.42. The molecule has 2 aromatic rings. The van der Waals surface area contributed by atoms with E-state index in [0.29, 0.717) is 5.75 Å². The number of carbonyl (C=O) groups is 1. The minimum absolute atomic E-state index is 0. The van der Waals surface area contributed by atoms with Gasteiger partial charge in [-0.2, -0.15) is 5.10 Å². The van der Waals surface area contributed by atoms with Crippen molar-refractivity contribution in [3.05, 3.63) is 47.7 Å². The number of nitrogens with zero attached hydrogens (tertiary/aromatic N) is 1. The summed E-state index contributed by atoms with van der Waals surface area (Å²) in [7, 11) is -4.65. The van der Waals surface area contributed by atoms with Crippen LogP contribution in [0.2, 0.25) is 0 Å². The van der Waals surface area contributed by atoms with E-state index in [1.807, 2.05) is 19.1 Å². The number of nitrogens with one attached hydrogen (secondary N) is 1. The van der Waals surface area contributed by atoms with Gasteiger partial charge in [0.2, 0.25) is 5.09 Å². The average molecular weight is 360 g/mol. The maximum atomic E-state index is 11.6. The van der Waals surface area contributed by atoms with Gasteiger partial charge in [0.15, 0.2) is 16.7 Å². The first kappa shape index (κ1) is 20.4. The number of rotatable bonds is 6. The van der Waals surface area contributed by atoms with Gasteiger partial charge in [-0.3, -0.25) is 4.79 Å². The molecule has 0 saturated heterocycles. The van der Waals surface area contributed by atoms with Crippen LogP contribution in [0.3, 0.4) is 0 Å². The Morgan fingerprint density at radius 2 is 2.04 bits per heavy atom. The molecule has 1 aromatic carbocycles. The summed E-state index contributed by atoms with van der Waals surface area (Å²) in [5.74, 6) is 0.0928. The summed E-state index contributed by atoms with van der Waals surface area (Å²) in [4.78, 5) is 11.6. The molecule has 0 bridgehead atoms. The van der Waals surface area contributed by atoms with Crippen molar-refractivity contribution in [3.8, 4) is 5.75 Å². The molecule has 0 spiro atoms. The van der Waals surface area contributed by atoms with Gasteiger partial charge in [0.05, 0.1) is 6.21 Å². The predicted molar refractivity (Wildman–Crippen MR) is 79.1 cm³/mol. The van der Waals surface area contributed by atoms with E-state index in [-0.39, 0.29) is 41.9 Å². The van der Waals surface area contributed by atoms with Crippen LogP contribution < -0.4 is 39.7 Å². The number of para-hydroxylation sites is 1. The van der Waals surface area contributed by atoms with Crippen LogP contribution in [0.15, 0.2) is 51.0 Å². The Hall–Kier alpha value is -1.65. The number of furan rings is 1. The summed E-state index contributed by atoms with van der Waals surface area (Å²) in [5, 5.41) is 2.86. The molecule has 0 saturated carbocycles. The average Bonchev–Trinajstić information content (AvgIpc) is 2.95. The van der Waals surface area contributed by atoms with Crippen molar-refractivity contribution in [1.29, 1.82) is 0 Å². The van der Waals surface area contributed by atoms with E-state index in [0.717, 1.165) is 17.8 Å². The number of hydrogen-bond donors (Lipinski definition) is 1. The van der Waals surface area contributed by atoms with Gasteiger partial charge in [0, 0.05) is 0 Å². The number of amides is 1. The topological polar surface area (TPSA) is 121 Å². The minimum atomic E-state index is -4.65. The van der Waals surface area contributed by atoms with Crippen LogP contribution in [0.25, 0.3) is 0 Å². The number of hydrazone groups is 1. The van der Waals surface area contributed by atoms with Gasteiger partial charge in [-0.05, 0) is 30.7 Å². The molecule has 1 N–H and O–H groups in total. The van der Waals surface area contributed by atoms with Crippen LogP contribution in [0.4, 0.5) is 0 Å². The second-order valence-electron chi connectivity index (χ2n) is 4.46. The maximum absolute atomic E-state index is 11.6.